The zero-order chi connectivity index (χ0) is 15.9. The predicted octanol–water partition coefficient (Wildman–Crippen LogP) is 3.99. The Hall–Kier alpha value is -3.14. The second kappa shape index (κ2) is 7.22. The van der Waals surface area contributed by atoms with Crippen LogP contribution in [0.2, 0.25) is 0 Å². The first-order valence-electron chi connectivity index (χ1n) is 7.40. The first-order valence-corrected chi connectivity index (χ1v) is 7.40. The Labute approximate surface area is 135 Å². The molecule has 1 atom stereocenters. The lowest BCUT2D eigenvalue weighted by Crippen LogP contribution is -2.33. The minimum atomic E-state index is -0.248. The summed E-state index contributed by atoms with van der Waals surface area (Å²) in [6.45, 7) is 0. The van der Waals surface area contributed by atoms with Crippen LogP contribution >= 0.6 is 0 Å². The van der Waals surface area contributed by atoms with E-state index in [-0.39, 0.29) is 12.1 Å². The van der Waals surface area contributed by atoms with Gasteiger partial charge in [0.15, 0.2) is 0 Å². The van der Waals surface area contributed by atoms with E-state index in [1.165, 1.54) is 0 Å². The van der Waals surface area contributed by atoms with Gasteiger partial charge in [-0.1, -0.05) is 48.5 Å². The maximum absolute atomic E-state index is 12.3. The summed E-state index contributed by atoms with van der Waals surface area (Å²) in [7, 11) is 0. The van der Waals surface area contributed by atoms with Gasteiger partial charge < -0.3 is 10.6 Å². The van der Waals surface area contributed by atoms with Crippen molar-refractivity contribution in [1.82, 2.24) is 10.3 Å². The molecule has 3 rings (SSSR count). The molecule has 114 valence electrons. The molecule has 4 nitrogen and oxygen atoms in total. The Kier molecular flexibility index (Phi) is 4.64. The minimum Gasteiger partial charge on any atom is -0.327 e. The molecule has 0 aliphatic heterocycles. The summed E-state index contributed by atoms with van der Waals surface area (Å²) in [4.78, 5) is 16.4. The van der Waals surface area contributed by atoms with Crippen LogP contribution in [-0.4, -0.2) is 11.0 Å². The highest BCUT2D eigenvalue weighted by Gasteiger charge is 2.16. The van der Waals surface area contributed by atoms with Crippen molar-refractivity contribution >= 4 is 11.7 Å². The van der Waals surface area contributed by atoms with Crippen LogP contribution in [0.5, 0.6) is 0 Å². The average Bonchev–Trinajstić information content (AvgIpc) is 2.62. The molecule has 0 radical (unpaired) electrons. The fourth-order valence-electron chi connectivity index (χ4n) is 2.38. The van der Waals surface area contributed by atoms with Gasteiger partial charge in [-0.2, -0.15) is 0 Å². The Morgan fingerprint density at radius 3 is 2.00 bits per heavy atom. The van der Waals surface area contributed by atoms with Gasteiger partial charge >= 0.3 is 6.03 Å². The van der Waals surface area contributed by atoms with Crippen molar-refractivity contribution in [1.29, 1.82) is 0 Å². The fourth-order valence-corrected chi connectivity index (χ4v) is 2.38. The van der Waals surface area contributed by atoms with Gasteiger partial charge in [-0.15, -0.1) is 0 Å². The standard InChI is InChI=1S/C19H17N3O/c23-19(21-17-9-5-2-6-10-17)22-18(15-7-3-1-4-8-15)16-11-13-20-14-12-16/h1-14,18H,(H2,21,22,23)/t18-/m0/s1. The second-order valence-corrected chi connectivity index (χ2v) is 5.09. The fraction of sp³-hybridized carbons (Fsp3) is 0.0526. The predicted molar refractivity (Wildman–Crippen MR) is 91.1 cm³/mol. The number of hydrogen-bond acceptors (Lipinski definition) is 2. The number of aromatic nitrogens is 1. The van der Waals surface area contributed by atoms with E-state index in [4.69, 9.17) is 0 Å². The topological polar surface area (TPSA) is 54.0 Å². The van der Waals surface area contributed by atoms with Gasteiger partial charge in [0.25, 0.3) is 0 Å². The molecule has 2 amide bonds. The smallest absolute Gasteiger partial charge is 0.319 e. The SMILES string of the molecule is O=C(Nc1ccccc1)N[C@@H](c1ccccc1)c1ccncc1. The average molecular weight is 303 g/mol. The largest absolute Gasteiger partial charge is 0.327 e. The molecule has 2 N–H and O–H groups in total. The molecular weight excluding hydrogens is 286 g/mol. The van der Waals surface area contributed by atoms with Crippen LogP contribution in [0.1, 0.15) is 17.2 Å². The van der Waals surface area contributed by atoms with E-state index < -0.39 is 0 Å². The van der Waals surface area contributed by atoms with Crippen molar-refractivity contribution in [2.75, 3.05) is 5.32 Å². The summed E-state index contributed by atoms with van der Waals surface area (Å²) in [5.41, 5.74) is 2.75. The highest BCUT2D eigenvalue weighted by molar-refractivity contribution is 5.89. The molecule has 3 aromatic rings. The Morgan fingerprint density at radius 1 is 0.783 bits per heavy atom. The van der Waals surface area contributed by atoms with Crippen molar-refractivity contribution in [3.63, 3.8) is 0 Å². The number of anilines is 1. The lowest BCUT2D eigenvalue weighted by molar-refractivity contribution is 0.250. The number of urea groups is 1. The molecular formula is C19H17N3O. The number of hydrogen-bond donors (Lipinski definition) is 2. The lowest BCUT2D eigenvalue weighted by Gasteiger charge is -2.20. The van der Waals surface area contributed by atoms with Crippen molar-refractivity contribution in [2.45, 2.75) is 6.04 Å². The van der Waals surface area contributed by atoms with E-state index in [1.807, 2.05) is 72.8 Å². The van der Waals surface area contributed by atoms with E-state index in [1.54, 1.807) is 12.4 Å². The molecule has 1 heterocycles. The number of benzene rings is 2. The quantitative estimate of drug-likeness (QED) is 0.765. The van der Waals surface area contributed by atoms with Gasteiger partial charge in [0.05, 0.1) is 6.04 Å². The summed E-state index contributed by atoms with van der Waals surface area (Å²) >= 11 is 0. The molecule has 23 heavy (non-hydrogen) atoms. The molecule has 2 aromatic carbocycles. The van der Waals surface area contributed by atoms with Gasteiger partial charge in [-0.25, -0.2) is 4.79 Å². The van der Waals surface area contributed by atoms with E-state index in [2.05, 4.69) is 15.6 Å². The van der Waals surface area contributed by atoms with Crippen LogP contribution in [0.3, 0.4) is 0 Å². The lowest BCUT2D eigenvalue weighted by atomic mass is 10.00. The number of carbonyl (C=O) groups is 1. The highest BCUT2D eigenvalue weighted by atomic mass is 16.2. The molecule has 0 saturated carbocycles. The maximum Gasteiger partial charge on any atom is 0.319 e. The number of rotatable bonds is 4. The Bertz CT molecular complexity index is 706. The summed E-state index contributed by atoms with van der Waals surface area (Å²) in [6, 6.07) is 22.6. The molecule has 1 aromatic heterocycles. The monoisotopic (exact) mass is 303 g/mol. The third-order valence-corrected chi connectivity index (χ3v) is 3.48. The molecule has 0 bridgehead atoms. The van der Waals surface area contributed by atoms with Gasteiger partial charge in [0.1, 0.15) is 0 Å². The summed E-state index contributed by atoms with van der Waals surface area (Å²) in [6.07, 6.45) is 3.45. The zero-order valence-electron chi connectivity index (χ0n) is 12.5. The van der Waals surface area contributed by atoms with Crippen molar-refractivity contribution in [3.8, 4) is 0 Å². The van der Waals surface area contributed by atoms with E-state index in [9.17, 15) is 4.79 Å². The van der Waals surface area contributed by atoms with Crippen molar-refractivity contribution in [3.05, 3.63) is 96.3 Å². The van der Waals surface area contributed by atoms with Crippen LogP contribution in [0.15, 0.2) is 85.2 Å². The zero-order valence-corrected chi connectivity index (χ0v) is 12.5. The van der Waals surface area contributed by atoms with Crippen molar-refractivity contribution in [2.24, 2.45) is 0 Å². The molecule has 0 fully saturated rings. The Morgan fingerprint density at radius 2 is 1.35 bits per heavy atom. The number of nitrogens with zero attached hydrogens (tertiary/aromatic N) is 1. The molecule has 0 spiro atoms. The highest BCUT2D eigenvalue weighted by Crippen LogP contribution is 2.21. The second-order valence-electron chi connectivity index (χ2n) is 5.09. The first kappa shape index (κ1) is 14.8. The van der Waals surface area contributed by atoms with Gasteiger partial charge in [0.2, 0.25) is 0 Å². The van der Waals surface area contributed by atoms with Crippen LogP contribution in [0.4, 0.5) is 10.5 Å². The maximum atomic E-state index is 12.3. The summed E-state index contributed by atoms with van der Waals surface area (Å²) in [5, 5.41) is 5.87. The molecule has 0 aliphatic rings. The summed E-state index contributed by atoms with van der Waals surface area (Å²) < 4.78 is 0. The van der Waals surface area contributed by atoms with E-state index in [0.29, 0.717) is 0 Å². The normalized spacial score (nSPS) is 11.5. The van der Waals surface area contributed by atoms with Crippen LogP contribution in [-0.2, 0) is 0 Å². The first-order chi connectivity index (χ1) is 11.3. The van der Waals surface area contributed by atoms with Crippen LogP contribution in [0, 0.1) is 0 Å². The van der Waals surface area contributed by atoms with E-state index >= 15 is 0 Å². The minimum absolute atomic E-state index is 0.233. The van der Waals surface area contributed by atoms with Crippen molar-refractivity contribution < 1.29 is 4.79 Å². The number of para-hydroxylation sites is 1. The third-order valence-electron chi connectivity index (χ3n) is 3.48. The van der Waals surface area contributed by atoms with Crippen LogP contribution < -0.4 is 10.6 Å². The number of pyridine rings is 1. The van der Waals surface area contributed by atoms with Gasteiger partial charge in [-0.3, -0.25) is 4.98 Å². The number of carbonyl (C=O) groups excluding carboxylic acids is 1. The summed E-state index contributed by atoms with van der Waals surface area (Å²) in [5.74, 6) is 0. The molecule has 0 aliphatic carbocycles. The molecule has 4 heteroatoms. The van der Waals surface area contributed by atoms with E-state index in [0.717, 1.165) is 16.8 Å². The number of nitrogens with one attached hydrogen (secondary N) is 2. The number of amides is 2. The van der Waals surface area contributed by atoms with Gasteiger partial charge in [0, 0.05) is 18.1 Å². The Balaban J connectivity index is 1.81. The molecule has 0 unspecified atom stereocenters. The molecule has 0 saturated heterocycles. The van der Waals surface area contributed by atoms with Gasteiger partial charge in [-0.05, 0) is 35.4 Å². The third kappa shape index (κ3) is 3.95. The van der Waals surface area contributed by atoms with Crippen LogP contribution in [0.25, 0.3) is 0 Å².